The Hall–Kier alpha value is 0.233. The van der Waals surface area contributed by atoms with Crippen LogP contribution in [0.2, 0.25) is 0 Å². The van der Waals surface area contributed by atoms with E-state index in [9.17, 15) is 0 Å². The van der Waals surface area contributed by atoms with Crippen molar-refractivity contribution < 1.29 is 115 Å². The maximum Gasteiger partial charge on any atom is 3.00 e. The summed E-state index contributed by atoms with van der Waals surface area (Å²) in [5.41, 5.74) is 0. The van der Waals surface area contributed by atoms with Crippen molar-refractivity contribution in [1.29, 1.82) is 0 Å². The van der Waals surface area contributed by atoms with Gasteiger partial charge in [0.25, 0.3) is 0 Å². The van der Waals surface area contributed by atoms with Gasteiger partial charge in [0.2, 0.25) is 0 Å². The van der Waals surface area contributed by atoms with Gasteiger partial charge in [-0.05, 0) is 0 Å². The molecule has 0 atom stereocenters. The summed E-state index contributed by atoms with van der Waals surface area (Å²) in [7, 11) is 0. The van der Waals surface area contributed by atoms with Crippen molar-refractivity contribution in [2.75, 3.05) is 0 Å². The number of hydrogen-bond acceptors (Lipinski definition) is 12. The van der Waals surface area contributed by atoms with Crippen molar-refractivity contribution in [3.05, 3.63) is 46.0 Å². The van der Waals surface area contributed by atoms with Gasteiger partial charge < -0.3 is 62.4 Å². The summed E-state index contributed by atoms with van der Waals surface area (Å²) in [5, 5.41) is 44.2. The largest absolute Gasteiger partial charge is 3.00 e. The van der Waals surface area contributed by atoms with Crippen LogP contribution in [-0.2, 0) is 0 Å². The van der Waals surface area contributed by atoms with Crippen LogP contribution in [0.15, 0.2) is 0 Å². The molecule has 0 aliphatic rings. The SMILES string of the molecule is O=[N+]([O-])[O-].O=[N+]([O-])[O-].O=[N+]([O-])[O-].[Ce+3].[Ce+3].[OH-].[OH-].[OH-]. The summed E-state index contributed by atoms with van der Waals surface area (Å²) < 4.78 is 0. The second-order valence-electron chi connectivity index (χ2n) is 0.671. The molecule has 0 spiro atoms. The predicted octanol–water partition coefficient (Wildman–Crippen LogP) is -1.25. The van der Waals surface area contributed by atoms with Gasteiger partial charge in [0.1, 0.15) is 0 Å². The molecule has 0 rings (SSSR count). The van der Waals surface area contributed by atoms with Crippen LogP contribution < -0.4 is 0 Å². The molecule has 0 bridgehead atoms. The van der Waals surface area contributed by atoms with E-state index in [0.717, 1.165) is 0 Å². The van der Waals surface area contributed by atoms with Crippen molar-refractivity contribution in [3.63, 3.8) is 0 Å². The van der Waals surface area contributed by atoms with Crippen LogP contribution >= 0.6 is 0 Å². The van der Waals surface area contributed by atoms with E-state index in [1.54, 1.807) is 0 Å². The van der Waals surface area contributed by atoms with E-state index in [2.05, 4.69) is 0 Å². The summed E-state index contributed by atoms with van der Waals surface area (Å²) >= 11 is 0. The first-order valence-corrected chi connectivity index (χ1v) is 1.64. The molecule has 0 amide bonds. The molecule has 0 unspecified atom stereocenters. The molecule has 0 aromatic carbocycles. The van der Waals surface area contributed by atoms with E-state index in [0.29, 0.717) is 0 Å². The van der Waals surface area contributed by atoms with Crippen molar-refractivity contribution in [2.24, 2.45) is 0 Å². The minimum Gasteiger partial charge on any atom is -0.870 e. The van der Waals surface area contributed by atoms with E-state index >= 15 is 0 Å². The van der Waals surface area contributed by atoms with Gasteiger partial charge in [-0.2, -0.15) is 0 Å². The number of nitrogens with zero attached hydrogens (tertiary/aromatic N) is 3. The molecule has 0 fully saturated rings. The third-order valence-electron chi connectivity index (χ3n) is 0. The Kier molecular flexibility index (Phi) is 138. The molecule has 0 aromatic heterocycles. The quantitative estimate of drug-likeness (QED) is 0.269. The molecule has 0 saturated carbocycles. The molecular formula is H3Ce2N3O12. The Balaban J connectivity index is -0.0000000104. The third-order valence-corrected chi connectivity index (χ3v) is 0. The van der Waals surface area contributed by atoms with Gasteiger partial charge >= 0.3 is 83.5 Å². The Morgan fingerprint density at radius 1 is 0.471 bits per heavy atom. The second-order valence-corrected chi connectivity index (χ2v) is 0.671. The normalized spacial score (nSPS) is 4.24. The van der Waals surface area contributed by atoms with E-state index in [4.69, 9.17) is 46.0 Å². The summed E-state index contributed by atoms with van der Waals surface area (Å²) in [6.07, 6.45) is 0. The summed E-state index contributed by atoms with van der Waals surface area (Å²) in [6.45, 7) is 0. The van der Waals surface area contributed by atoms with E-state index < -0.39 is 15.3 Å². The van der Waals surface area contributed by atoms with Crippen LogP contribution in [0.4, 0.5) is 0 Å². The Morgan fingerprint density at radius 2 is 0.471 bits per heavy atom. The number of rotatable bonds is 0. The summed E-state index contributed by atoms with van der Waals surface area (Å²) in [4.78, 5) is 24.8. The van der Waals surface area contributed by atoms with Crippen LogP contribution in [0.1, 0.15) is 0 Å². The topological polar surface area (TPSA) is 289 Å². The first-order valence-electron chi connectivity index (χ1n) is 1.64. The molecule has 0 aliphatic heterocycles. The van der Waals surface area contributed by atoms with Crippen molar-refractivity contribution in [2.45, 2.75) is 0 Å². The average molecular weight is 517 g/mol. The van der Waals surface area contributed by atoms with Crippen LogP contribution in [0.5, 0.6) is 0 Å². The van der Waals surface area contributed by atoms with Gasteiger partial charge in [0.15, 0.2) is 0 Å². The van der Waals surface area contributed by atoms with Crippen LogP contribution in [0, 0.1) is 129 Å². The summed E-state index contributed by atoms with van der Waals surface area (Å²) in [5.74, 6) is 0. The van der Waals surface area contributed by atoms with E-state index in [1.807, 2.05) is 0 Å². The van der Waals surface area contributed by atoms with E-state index in [-0.39, 0.29) is 99.9 Å². The standard InChI is InChI=1S/2Ce.3NO3.3H2O/c;;3*2-1(3)4;;;/h;;;;;3*1H2/q2*+3;3*-1;;;/p-3. The molecule has 3 N–H and O–H groups in total. The molecular weight excluding hydrogens is 514 g/mol. The zero-order chi connectivity index (χ0) is 10.7. The minimum absolute atomic E-state index is 0. The first-order chi connectivity index (χ1) is 5.20. The molecule has 0 aromatic rings. The van der Waals surface area contributed by atoms with Gasteiger partial charge in [-0.1, -0.05) is 0 Å². The minimum atomic E-state index is -1.75. The zero-order valence-corrected chi connectivity index (χ0v) is 13.6. The van der Waals surface area contributed by atoms with Gasteiger partial charge in [0, 0.05) is 0 Å². The molecule has 17 heteroatoms. The van der Waals surface area contributed by atoms with Crippen LogP contribution in [-0.4, -0.2) is 31.7 Å². The molecule has 17 heavy (non-hydrogen) atoms. The third kappa shape index (κ3) is 60400. The van der Waals surface area contributed by atoms with Crippen LogP contribution in [0.3, 0.4) is 0 Å². The zero-order valence-electron chi connectivity index (χ0n) is 7.36. The second kappa shape index (κ2) is 44.2. The smallest absolute Gasteiger partial charge is 0.870 e. The molecule has 2 radical (unpaired) electrons. The fraction of sp³-hybridized carbons (Fsp3) is 0. The van der Waals surface area contributed by atoms with Crippen molar-refractivity contribution in [3.8, 4) is 0 Å². The van der Waals surface area contributed by atoms with Gasteiger partial charge in [0.05, 0.1) is 15.3 Å². The maximum atomic E-state index is 8.25. The Morgan fingerprint density at radius 3 is 0.471 bits per heavy atom. The van der Waals surface area contributed by atoms with E-state index in [1.165, 1.54) is 0 Å². The summed E-state index contributed by atoms with van der Waals surface area (Å²) in [6, 6.07) is 0. The van der Waals surface area contributed by atoms with Crippen LogP contribution in [0.25, 0.3) is 0 Å². The van der Waals surface area contributed by atoms with Crippen molar-refractivity contribution >= 4 is 0 Å². The van der Waals surface area contributed by atoms with Gasteiger partial charge in [-0.15, -0.1) is 0 Å². The number of hydrogen-bond donors (Lipinski definition) is 0. The molecule has 98 valence electrons. The maximum absolute atomic E-state index is 8.25. The Bertz CT molecular complexity index is 117. The Labute approximate surface area is 159 Å². The molecule has 0 saturated heterocycles. The van der Waals surface area contributed by atoms with Gasteiger partial charge in [-0.3, -0.25) is 0 Å². The molecule has 0 heterocycles. The molecule has 0 aliphatic carbocycles. The monoisotopic (exact) mass is 517 g/mol. The van der Waals surface area contributed by atoms with Crippen molar-refractivity contribution in [1.82, 2.24) is 0 Å². The first kappa shape index (κ1) is 53.3. The fourth-order valence-corrected chi connectivity index (χ4v) is 0. The average Bonchev–Trinajstić information content (AvgIpc) is 1.54. The molecule has 15 nitrogen and oxygen atoms in total. The van der Waals surface area contributed by atoms with Gasteiger partial charge in [-0.25, -0.2) is 0 Å². The predicted molar refractivity (Wildman–Crippen MR) is 36.9 cm³/mol. The fourth-order valence-electron chi connectivity index (χ4n) is 0.